The SMILES string of the molecule is COc1cc2c(cc1N1CCN(CC3=CC4=CCSC4=C3)CC1)OCC2. The molecule has 0 unspecified atom stereocenters. The Balaban J connectivity index is 1.25. The molecule has 0 aromatic heterocycles. The van der Waals surface area contributed by atoms with Crippen molar-refractivity contribution in [2.24, 2.45) is 0 Å². The monoisotopic (exact) mass is 368 g/mol. The summed E-state index contributed by atoms with van der Waals surface area (Å²) in [6.07, 6.45) is 8.06. The maximum atomic E-state index is 5.76. The van der Waals surface area contributed by atoms with E-state index in [1.807, 2.05) is 11.8 Å². The van der Waals surface area contributed by atoms with Gasteiger partial charge in [0.15, 0.2) is 0 Å². The third-order valence-corrected chi connectivity index (χ3v) is 6.59. The number of nitrogens with zero attached hydrogens (tertiary/aromatic N) is 2. The highest BCUT2D eigenvalue weighted by Gasteiger charge is 2.25. The number of benzene rings is 1. The van der Waals surface area contributed by atoms with Gasteiger partial charge in [-0.2, -0.15) is 0 Å². The highest BCUT2D eigenvalue weighted by Crippen LogP contribution is 2.39. The van der Waals surface area contributed by atoms with Gasteiger partial charge in [0.2, 0.25) is 0 Å². The molecule has 1 aliphatic carbocycles. The third kappa shape index (κ3) is 2.93. The molecule has 4 nitrogen and oxygen atoms in total. The maximum Gasteiger partial charge on any atom is 0.142 e. The van der Waals surface area contributed by atoms with Crippen LogP contribution in [0, 0.1) is 0 Å². The number of thioether (sulfide) groups is 1. The summed E-state index contributed by atoms with van der Waals surface area (Å²) in [6.45, 7) is 6.04. The summed E-state index contributed by atoms with van der Waals surface area (Å²) in [6, 6.07) is 4.33. The van der Waals surface area contributed by atoms with Gasteiger partial charge >= 0.3 is 0 Å². The number of methoxy groups -OCH3 is 1. The summed E-state index contributed by atoms with van der Waals surface area (Å²) in [5.41, 5.74) is 5.33. The molecule has 0 radical (unpaired) electrons. The molecule has 1 aromatic carbocycles. The summed E-state index contributed by atoms with van der Waals surface area (Å²) in [5.74, 6) is 3.14. The first kappa shape index (κ1) is 16.3. The van der Waals surface area contributed by atoms with Gasteiger partial charge in [-0.3, -0.25) is 4.90 Å². The van der Waals surface area contributed by atoms with Gasteiger partial charge in [-0.05, 0) is 29.4 Å². The smallest absolute Gasteiger partial charge is 0.142 e. The number of anilines is 1. The van der Waals surface area contributed by atoms with Crippen LogP contribution < -0.4 is 14.4 Å². The van der Waals surface area contributed by atoms with Crippen LogP contribution in [0.1, 0.15) is 5.56 Å². The summed E-state index contributed by atoms with van der Waals surface area (Å²) in [5, 5.41) is 0. The lowest BCUT2D eigenvalue weighted by atomic mass is 10.1. The van der Waals surface area contributed by atoms with Gasteiger partial charge < -0.3 is 14.4 Å². The van der Waals surface area contributed by atoms with Crippen LogP contribution in [0.25, 0.3) is 0 Å². The van der Waals surface area contributed by atoms with E-state index >= 15 is 0 Å². The Morgan fingerprint density at radius 3 is 2.85 bits per heavy atom. The second-order valence-electron chi connectivity index (χ2n) is 7.19. The van der Waals surface area contributed by atoms with Crippen LogP contribution in [-0.4, -0.2) is 57.1 Å². The predicted molar refractivity (Wildman–Crippen MR) is 108 cm³/mol. The van der Waals surface area contributed by atoms with Crippen LogP contribution in [0.15, 0.2) is 46.4 Å². The maximum absolute atomic E-state index is 5.76. The number of allylic oxidation sites excluding steroid dienone is 2. The number of hydrogen-bond donors (Lipinski definition) is 0. The van der Waals surface area contributed by atoms with Crippen molar-refractivity contribution in [3.63, 3.8) is 0 Å². The highest BCUT2D eigenvalue weighted by atomic mass is 32.2. The largest absolute Gasteiger partial charge is 0.495 e. The average Bonchev–Trinajstić information content (AvgIpc) is 3.36. The fourth-order valence-corrected chi connectivity index (χ4v) is 5.16. The van der Waals surface area contributed by atoms with Crippen molar-refractivity contribution in [3.05, 3.63) is 52.0 Å². The van der Waals surface area contributed by atoms with Gasteiger partial charge in [0.1, 0.15) is 11.5 Å². The topological polar surface area (TPSA) is 24.9 Å². The highest BCUT2D eigenvalue weighted by molar-refractivity contribution is 8.03. The lowest BCUT2D eigenvalue weighted by Crippen LogP contribution is -2.46. The van der Waals surface area contributed by atoms with Crippen molar-refractivity contribution in [2.45, 2.75) is 6.42 Å². The average molecular weight is 369 g/mol. The summed E-state index contributed by atoms with van der Waals surface area (Å²) < 4.78 is 11.4. The quantitative estimate of drug-likeness (QED) is 0.812. The van der Waals surface area contributed by atoms with E-state index in [0.717, 1.165) is 63.0 Å². The molecule has 136 valence electrons. The van der Waals surface area contributed by atoms with E-state index in [1.165, 1.54) is 27.3 Å². The number of ether oxygens (including phenoxy) is 2. The Kier molecular flexibility index (Phi) is 4.21. The van der Waals surface area contributed by atoms with Crippen LogP contribution in [0.2, 0.25) is 0 Å². The van der Waals surface area contributed by atoms with Gasteiger partial charge in [-0.15, -0.1) is 11.8 Å². The molecule has 26 heavy (non-hydrogen) atoms. The van der Waals surface area contributed by atoms with Gasteiger partial charge in [-0.25, -0.2) is 0 Å². The van der Waals surface area contributed by atoms with Crippen molar-refractivity contribution in [3.8, 4) is 11.5 Å². The molecule has 0 N–H and O–H groups in total. The fourth-order valence-electron chi connectivity index (χ4n) is 4.17. The Hall–Kier alpha value is -1.85. The molecule has 0 atom stereocenters. The van der Waals surface area contributed by atoms with E-state index in [1.54, 1.807) is 7.11 Å². The van der Waals surface area contributed by atoms with E-state index in [4.69, 9.17) is 9.47 Å². The minimum Gasteiger partial charge on any atom is -0.495 e. The van der Waals surface area contributed by atoms with Crippen LogP contribution >= 0.6 is 11.8 Å². The standard InChI is InChI=1S/C21H24N2O2S/c1-24-20-12-16-2-8-25-19(16)13-18(20)23-6-4-22(5-7-23)14-15-10-17-3-9-26-21(17)11-15/h3,10-13H,2,4-9,14H2,1H3. The Morgan fingerprint density at radius 1 is 1.15 bits per heavy atom. The molecule has 3 aliphatic heterocycles. The van der Waals surface area contributed by atoms with Crippen molar-refractivity contribution < 1.29 is 9.47 Å². The Bertz CT molecular complexity index is 820. The van der Waals surface area contributed by atoms with Gasteiger partial charge in [0.05, 0.1) is 19.4 Å². The zero-order chi connectivity index (χ0) is 17.5. The van der Waals surface area contributed by atoms with E-state index in [-0.39, 0.29) is 0 Å². The van der Waals surface area contributed by atoms with E-state index in [2.05, 4.69) is 40.2 Å². The van der Waals surface area contributed by atoms with E-state index < -0.39 is 0 Å². The number of rotatable bonds is 4. The zero-order valence-electron chi connectivity index (χ0n) is 15.2. The van der Waals surface area contributed by atoms with Crippen LogP contribution in [-0.2, 0) is 6.42 Å². The molecule has 0 amide bonds. The second-order valence-corrected chi connectivity index (χ2v) is 8.25. The Labute approximate surface area is 159 Å². The van der Waals surface area contributed by atoms with E-state index in [0.29, 0.717) is 0 Å². The molecular formula is C21H24N2O2S. The molecule has 5 heteroatoms. The third-order valence-electron chi connectivity index (χ3n) is 5.59. The zero-order valence-corrected chi connectivity index (χ0v) is 16.0. The lowest BCUT2D eigenvalue weighted by Gasteiger charge is -2.36. The minimum atomic E-state index is 0.787. The molecule has 0 saturated carbocycles. The number of hydrogen-bond acceptors (Lipinski definition) is 5. The Morgan fingerprint density at radius 2 is 2.04 bits per heavy atom. The molecule has 3 heterocycles. The van der Waals surface area contributed by atoms with Crippen molar-refractivity contribution in [1.82, 2.24) is 4.90 Å². The van der Waals surface area contributed by atoms with Crippen molar-refractivity contribution >= 4 is 17.4 Å². The fraction of sp³-hybridized carbons (Fsp3) is 0.429. The summed E-state index contributed by atoms with van der Waals surface area (Å²) in [7, 11) is 1.76. The molecule has 4 aliphatic rings. The number of fused-ring (bicyclic) bond motifs is 2. The molecular weight excluding hydrogens is 344 g/mol. The van der Waals surface area contributed by atoms with Crippen LogP contribution in [0.4, 0.5) is 5.69 Å². The second kappa shape index (κ2) is 6.71. The van der Waals surface area contributed by atoms with Crippen LogP contribution in [0.3, 0.4) is 0 Å². The normalized spacial score (nSPS) is 21.7. The first-order valence-corrected chi connectivity index (χ1v) is 10.4. The molecule has 5 rings (SSSR count). The molecule has 1 saturated heterocycles. The molecule has 1 aromatic rings. The van der Waals surface area contributed by atoms with Crippen molar-refractivity contribution in [2.75, 3.05) is 57.1 Å². The van der Waals surface area contributed by atoms with Gasteiger partial charge in [0.25, 0.3) is 0 Å². The predicted octanol–water partition coefficient (Wildman–Crippen LogP) is 3.25. The van der Waals surface area contributed by atoms with Crippen LogP contribution in [0.5, 0.6) is 11.5 Å². The summed E-state index contributed by atoms with van der Waals surface area (Å²) in [4.78, 5) is 6.45. The first-order valence-electron chi connectivity index (χ1n) is 9.37. The molecule has 0 bridgehead atoms. The molecule has 0 spiro atoms. The molecule has 1 fully saturated rings. The first-order chi connectivity index (χ1) is 12.8. The summed E-state index contributed by atoms with van der Waals surface area (Å²) >= 11 is 1.95. The van der Waals surface area contributed by atoms with E-state index in [9.17, 15) is 0 Å². The van der Waals surface area contributed by atoms with Crippen molar-refractivity contribution in [1.29, 1.82) is 0 Å². The van der Waals surface area contributed by atoms with Gasteiger partial charge in [-0.1, -0.05) is 6.08 Å². The minimum absolute atomic E-state index is 0.787. The number of piperazine rings is 1. The lowest BCUT2D eigenvalue weighted by molar-refractivity contribution is 0.279. The van der Waals surface area contributed by atoms with Gasteiger partial charge in [0, 0.05) is 61.4 Å².